The number of halogens is 4. The molecule has 1 fully saturated rings. The van der Waals surface area contributed by atoms with Gasteiger partial charge in [0.1, 0.15) is 5.75 Å². The molecule has 7 nitrogen and oxygen atoms in total. The number of aliphatic imine (C=N–C) groups is 1. The number of sulfone groups is 1. The number of guanidine groups is 1. The number of hydrogen-bond acceptors (Lipinski definition) is 5. The van der Waals surface area contributed by atoms with Crippen molar-refractivity contribution in [3.63, 3.8) is 0 Å². The van der Waals surface area contributed by atoms with Gasteiger partial charge in [-0.3, -0.25) is 4.99 Å². The molecule has 1 saturated heterocycles. The fraction of sp³-hybridized carbons (Fsp3) is 0.611. The number of nitrogens with one attached hydrogen (secondary N) is 2. The number of benzene rings is 1. The van der Waals surface area contributed by atoms with Crippen molar-refractivity contribution in [3.8, 4) is 5.75 Å². The second kappa shape index (κ2) is 11.9. The summed E-state index contributed by atoms with van der Waals surface area (Å²) in [4.78, 5) is 4.42. The van der Waals surface area contributed by atoms with Crippen molar-refractivity contribution in [1.82, 2.24) is 10.6 Å². The zero-order valence-electron chi connectivity index (χ0n) is 16.5. The van der Waals surface area contributed by atoms with E-state index >= 15 is 0 Å². The summed E-state index contributed by atoms with van der Waals surface area (Å²) in [6.45, 7) is 2.60. The Hall–Kier alpha value is -1.28. The first-order valence-electron chi connectivity index (χ1n) is 9.31. The summed E-state index contributed by atoms with van der Waals surface area (Å²) in [5, 5.41) is 15.8. The van der Waals surface area contributed by atoms with E-state index < -0.39 is 16.2 Å². The Bertz CT molecular complexity index is 789. The molecule has 0 radical (unpaired) electrons. The maximum absolute atomic E-state index is 12.2. The molecule has 0 aliphatic carbocycles. The number of nitrogens with zero attached hydrogens (tertiary/aromatic N) is 1. The molecule has 172 valence electrons. The van der Waals surface area contributed by atoms with Crippen LogP contribution in [0.5, 0.6) is 5.75 Å². The molecule has 0 saturated carbocycles. The van der Waals surface area contributed by atoms with Crippen LogP contribution in [0.2, 0.25) is 0 Å². The molecule has 0 amide bonds. The van der Waals surface area contributed by atoms with E-state index in [4.69, 9.17) is 0 Å². The number of aliphatic hydroxyl groups excluding tert-OH is 1. The third-order valence-electron chi connectivity index (χ3n) is 4.36. The molecule has 1 aromatic rings. The summed E-state index contributed by atoms with van der Waals surface area (Å²) in [6.07, 6.45) is -3.80. The second-order valence-corrected chi connectivity index (χ2v) is 9.14. The van der Waals surface area contributed by atoms with Crippen LogP contribution >= 0.6 is 24.0 Å². The molecule has 2 unspecified atom stereocenters. The fourth-order valence-electron chi connectivity index (χ4n) is 2.99. The normalized spacial score (nSPS) is 19.6. The highest BCUT2D eigenvalue weighted by atomic mass is 127. The lowest BCUT2D eigenvalue weighted by Gasteiger charge is -2.18. The first-order valence-corrected chi connectivity index (χ1v) is 11.1. The Labute approximate surface area is 191 Å². The Morgan fingerprint density at radius 1 is 1.33 bits per heavy atom. The zero-order chi connectivity index (χ0) is 21.5. The van der Waals surface area contributed by atoms with Gasteiger partial charge in [0.2, 0.25) is 0 Å². The third-order valence-corrected chi connectivity index (χ3v) is 6.13. The minimum atomic E-state index is -4.74. The average molecular weight is 565 g/mol. The van der Waals surface area contributed by atoms with Gasteiger partial charge in [-0.05, 0) is 37.5 Å². The number of ether oxygens (including phenoxy) is 1. The van der Waals surface area contributed by atoms with E-state index in [2.05, 4.69) is 20.4 Å². The van der Waals surface area contributed by atoms with Crippen molar-refractivity contribution in [1.29, 1.82) is 0 Å². The van der Waals surface area contributed by atoms with E-state index in [-0.39, 0.29) is 66.3 Å². The van der Waals surface area contributed by atoms with E-state index in [0.29, 0.717) is 25.3 Å². The highest BCUT2D eigenvalue weighted by Gasteiger charge is 2.31. The minimum Gasteiger partial charge on any atom is -0.406 e. The molecule has 1 heterocycles. The molecule has 2 rings (SSSR count). The van der Waals surface area contributed by atoms with E-state index in [1.807, 2.05) is 6.92 Å². The molecular formula is C18H27F3IN3O4S. The van der Waals surface area contributed by atoms with Gasteiger partial charge in [-0.1, -0.05) is 12.1 Å². The maximum atomic E-state index is 12.2. The molecule has 1 aromatic carbocycles. The summed E-state index contributed by atoms with van der Waals surface area (Å²) in [7, 11) is -3.01. The van der Waals surface area contributed by atoms with Crippen LogP contribution < -0.4 is 15.4 Å². The lowest BCUT2D eigenvalue weighted by molar-refractivity contribution is -0.274. The number of alkyl halides is 3. The van der Waals surface area contributed by atoms with Gasteiger partial charge in [-0.2, -0.15) is 0 Å². The van der Waals surface area contributed by atoms with Crippen LogP contribution in [0.1, 0.15) is 18.9 Å². The average Bonchev–Trinajstić information content (AvgIpc) is 2.97. The Morgan fingerprint density at radius 3 is 2.50 bits per heavy atom. The topological polar surface area (TPSA) is 100 Å². The van der Waals surface area contributed by atoms with Gasteiger partial charge in [0.25, 0.3) is 0 Å². The van der Waals surface area contributed by atoms with Crippen LogP contribution in [0.15, 0.2) is 29.3 Å². The predicted molar refractivity (Wildman–Crippen MR) is 119 cm³/mol. The van der Waals surface area contributed by atoms with Gasteiger partial charge in [0, 0.05) is 31.7 Å². The highest BCUT2D eigenvalue weighted by molar-refractivity contribution is 14.0. The highest BCUT2D eigenvalue weighted by Crippen LogP contribution is 2.23. The number of aliphatic hydroxyl groups is 1. The van der Waals surface area contributed by atoms with Crippen molar-refractivity contribution < 1.29 is 31.4 Å². The molecule has 1 aliphatic heterocycles. The lowest BCUT2D eigenvalue weighted by atomic mass is 10.0. The van der Waals surface area contributed by atoms with Crippen LogP contribution in [0, 0.1) is 5.92 Å². The van der Waals surface area contributed by atoms with Crippen molar-refractivity contribution in [3.05, 3.63) is 29.8 Å². The van der Waals surface area contributed by atoms with E-state index in [1.165, 1.54) is 24.3 Å². The van der Waals surface area contributed by atoms with Gasteiger partial charge in [-0.25, -0.2) is 8.42 Å². The second-order valence-electron chi connectivity index (χ2n) is 6.91. The summed E-state index contributed by atoms with van der Waals surface area (Å²) in [5.74, 6) is 0.143. The molecule has 2 atom stereocenters. The SMILES string of the molecule is CCNC(=NCC(CO)Cc1ccc(OC(F)(F)F)cc1)NC1CCS(=O)(=O)C1.I. The van der Waals surface area contributed by atoms with Crippen LogP contribution in [0.3, 0.4) is 0 Å². The molecule has 3 N–H and O–H groups in total. The molecular weight excluding hydrogens is 538 g/mol. The first kappa shape index (κ1) is 26.8. The number of rotatable bonds is 8. The van der Waals surface area contributed by atoms with E-state index in [0.717, 1.165) is 5.56 Å². The largest absolute Gasteiger partial charge is 0.573 e. The Morgan fingerprint density at radius 2 is 2.00 bits per heavy atom. The van der Waals surface area contributed by atoms with Crippen molar-refractivity contribution in [2.45, 2.75) is 32.2 Å². The van der Waals surface area contributed by atoms with E-state index in [9.17, 15) is 26.7 Å². The van der Waals surface area contributed by atoms with Gasteiger partial charge in [0.15, 0.2) is 15.8 Å². The zero-order valence-corrected chi connectivity index (χ0v) is 19.6. The molecule has 0 aromatic heterocycles. The summed E-state index contributed by atoms with van der Waals surface area (Å²) in [6, 6.07) is 5.28. The van der Waals surface area contributed by atoms with Gasteiger partial charge < -0.3 is 20.5 Å². The van der Waals surface area contributed by atoms with E-state index in [1.54, 1.807) is 0 Å². The quantitative estimate of drug-likeness (QED) is 0.254. The van der Waals surface area contributed by atoms with Crippen LogP contribution in [0.25, 0.3) is 0 Å². The molecule has 30 heavy (non-hydrogen) atoms. The van der Waals surface area contributed by atoms with Crippen molar-refractivity contribution >= 4 is 39.8 Å². The minimum absolute atomic E-state index is 0. The van der Waals surface area contributed by atoms with Crippen molar-refractivity contribution in [2.24, 2.45) is 10.9 Å². The third kappa shape index (κ3) is 9.69. The molecule has 12 heteroatoms. The molecule has 1 aliphatic rings. The summed E-state index contributed by atoms with van der Waals surface area (Å²) < 4.78 is 63.7. The Balaban J connectivity index is 0.00000450. The smallest absolute Gasteiger partial charge is 0.406 e. The Kier molecular flexibility index (Phi) is 10.6. The van der Waals surface area contributed by atoms with Crippen LogP contribution in [0.4, 0.5) is 13.2 Å². The maximum Gasteiger partial charge on any atom is 0.573 e. The molecule has 0 spiro atoms. The van der Waals surface area contributed by atoms with Crippen molar-refractivity contribution in [2.75, 3.05) is 31.2 Å². The summed E-state index contributed by atoms with van der Waals surface area (Å²) >= 11 is 0. The fourth-order valence-corrected chi connectivity index (χ4v) is 4.66. The standard InChI is InChI=1S/C18H26F3N3O4S.HI/c1-2-22-17(24-15-7-8-29(26,27)12-15)23-10-14(11-25)9-13-3-5-16(6-4-13)28-18(19,20)21;/h3-6,14-15,25H,2,7-12H2,1H3,(H2,22,23,24);1H. The molecule has 0 bridgehead atoms. The monoisotopic (exact) mass is 565 g/mol. The van der Waals surface area contributed by atoms with Gasteiger partial charge >= 0.3 is 6.36 Å². The lowest BCUT2D eigenvalue weighted by Crippen LogP contribution is -2.44. The summed E-state index contributed by atoms with van der Waals surface area (Å²) in [5.41, 5.74) is 0.744. The number of hydrogen-bond donors (Lipinski definition) is 3. The van der Waals surface area contributed by atoms with Gasteiger partial charge in [0.05, 0.1) is 11.5 Å². The van der Waals surface area contributed by atoms with Crippen LogP contribution in [-0.2, 0) is 16.3 Å². The first-order chi connectivity index (χ1) is 13.6. The predicted octanol–water partition coefficient (Wildman–Crippen LogP) is 2.10. The van der Waals surface area contributed by atoms with Gasteiger partial charge in [-0.15, -0.1) is 37.1 Å². The van der Waals surface area contributed by atoms with Crippen LogP contribution in [-0.4, -0.2) is 63.1 Å².